The highest BCUT2D eigenvalue weighted by atomic mass is 32.2. The lowest BCUT2D eigenvalue weighted by Gasteiger charge is -2.32. The first-order chi connectivity index (χ1) is 14.1. The minimum absolute atomic E-state index is 0.0954. The van der Waals surface area contributed by atoms with Crippen LogP contribution in [0.25, 0.3) is 17.1 Å². The molecule has 0 saturated carbocycles. The van der Waals surface area contributed by atoms with E-state index in [4.69, 9.17) is 0 Å². The number of hydrogen-bond donors (Lipinski definition) is 0. The van der Waals surface area contributed by atoms with E-state index in [-0.39, 0.29) is 17.5 Å². The average molecular weight is 412 g/mol. The predicted molar refractivity (Wildman–Crippen MR) is 112 cm³/mol. The first-order valence-corrected chi connectivity index (χ1v) is 10.5. The van der Waals surface area contributed by atoms with Crippen LogP contribution in [0.3, 0.4) is 0 Å². The number of benzene rings is 2. The lowest BCUT2D eigenvalue weighted by Crippen LogP contribution is -2.47. The monoisotopic (exact) mass is 411 g/mol. The molecule has 1 saturated heterocycles. The van der Waals surface area contributed by atoms with E-state index >= 15 is 0 Å². The number of aromatic nitrogens is 3. The molecule has 2 heterocycles. The average Bonchev–Trinajstić information content (AvgIpc) is 3.17. The number of hydrogen-bond acceptors (Lipinski definition) is 5. The summed E-state index contributed by atoms with van der Waals surface area (Å²) < 4.78 is 15.3. The Kier molecular flexibility index (Phi) is 5.92. The summed E-state index contributed by atoms with van der Waals surface area (Å²) in [6.45, 7) is 3.27. The number of thioether (sulfide) groups is 1. The Morgan fingerprint density at radius 1 is 1.00 bits per heavy atom. The zero-order chi connectivity index (χ0) is 20.2. The maximum Gasteiger partial charge on any atom is 0.233 e. The highest BCUT2D eigenvalue weighted by Gasteiger charge is 2.21. The number of rotatable bonds is 5. The Labute approximate surface area is 173 Å². The molecule has 1 aliphatic heterocycles. The van der Waals surface area contributed by atoms with Crippen LogP contribution in [0.1, 0.15) is 0 Å². The van der Waals surface area contributed by atoms with Gasteiger partial charge >= 0.3 is 0 Å². The molecular formula is C21H22FN5OS. The molecule has 150 valence electrons. The molecule has 0 unspecified atom stereocenters. The number of carbonyl (C=O) groups excluding carboxylic acids is 1. The summed E-state index contributed by atoms with van der Waals surface area (Å²) in [5.41, 5.74) is 1.66. The van der Waals surface area contributed by atoms with E-state index < -0.39 is 0 Å². The molecule has 1 aliphatic rings. The fraction of sp³-hybridized carbons (Fsp3) is 0.286. The van der Waals surface area contributed by atoms with Gasteiger partial charge in [0.15, 0.2) is 11.0 Å². The van der Waals surface area contributed by atoms with E-state index in [0.29, 0.717) is 11.0 Å². The van der Waals surface area contributed by atoms with Crippen molar-refractivity contribution >= 4 is 17.7 Å². The summed E-state index contributed by atoms with van der Waals surface area (Å²) in [4.78, 5) is 16.7. The molecule has 1 amide bonds. The van der Waals surface area contributed by atoms with E-state index in [1.54, 1.807) is 12.1 Å². The van der Waals surface area contributed by atoms with E-state index in [2.05, 4.69) is 22.1 Å². The Bertz CT molecular complexity index is 968. The van der Waals surface area contributed by atoms with E-state index in [9.17, 15) is 9.18 Å². The highest BCUT2D eigenvalue weighted by molar-refractivity contribution is 7.99. The van der Waals surface area contributed by atoms with Crippen molar-refractivity contribution in [3.05, 3.63) is 60.4 Å². The first kappa shape index (κ1) is 19.6. The van der Waals surface area contributed by atoms with Crippen LogP contribution >= 0.6 is 11.8 Å². The van der Waals surface area contributed by atoms with E-state index in [1.165, 1.54) is 23.9 Å². The SMILES string of the molecule is CN1CCN(C(=O)CSc2nnc(-c3ccccc3)n2-c2ccc(F)cc2)CC1. The van der Waals surface area contributed by atoms with Gasteiger partial charge in [-0.2, -0.15) is 0 Å². The lowest BCUT2D eigenvalue weighted by atomic mass is 10.2. The third kappa shape index (κ3) is 4.49. The van der Waals surface area contributed by atoms with Crippen LogP contribution in [-0.4, -0.2) is 69.5 Å². The summed E-state index contributed by atoms with van der Waals surface area (Å²) in [5, 5.41) is 9.29. The first-order valence-electron chi connectivity index (χ1n) is 9.48. The van der Waals surface area contributed by atoms with Crippen molar-refractivity contribution in [2.24, 2.45) is 0 Å². The summed E-state index contributed by atoms with van der Waals surface area (Å²) >= 11 is 1.35. The zero-order valence-electron chi connectivity index (χ0n) is 16.2. The van der Waals surface area contributed by atoms with Crippen molar-refractivity contribution in [3.63, 3.8) is 0 Å². The summed E-state index contributed by atoms with van der Waals surface area (Å²) in [5.74, 6) is 0.741. The molecule has 8 heteroatoms. The molecule has 0 bridgehead atoms. The van der Waals surface area contributed by atoms with Crippen molar-refractivity contribution in [2.45, 2.75) is 5.16 Å². The van der Waals surface area contributed by atoms with E-state index in [1.807, 2.05) is 39.8 Å². The molecule has 6 nitrogen and oxygen atoms in total. The van der Waals surface area contributed by atoms with Crippen LogP contribution < -0.4 is 0 Å². The van der Waals surface area contributed by atoms with Crippen LogP contribution in [0, 0.1) is 5.82 Å². The molecule has 0 spiro atoms. The number of likely N-dealkylation sites (N-methyl/N-ethyl adjacent to an activating group) is 1. The molecule has 0 atom stereocenters. The third-order valence-corrected chi connectivity index (χ3v) is 5.84. The number of carbonyl (C=O) groups is 1. The Balaban J connectivity index is 1.59. The fourth-order valence-corrected chi connectivity index (χ4v) is 4.09. The van der Waals surface area contributed by atoms with Gasteiger partial charge in [-0.1, -0.05) is 42.1 Å². The molecule has 1 aromatic heterocycles. The number of amides is 1. The molecular weight excluding hydrogens is 389 g/mol. The molecule has 2 aromatic carbocycles. The number of halogens is 1. The van der Waals surface area contributed by atoms with Gasteiger partial charge in [0, 0.05) is 37.4 Å². The summed E-state index contributed by atoms with van der Waals surface area (Å²) in [6, 6.07) is 15.9. The minimum Gasteiger partial charge on any atom is -0.339 e. The lowest BCUT2D eigenvalue weighted by molar-refractivity contribution is -0.129. The second-order valence-corrected chi connectivity index (χ2v) is 7.90. The molecule has 3 aromatic rings. The highest BCUT2D eigenvalue weighted by Crippen LogP contribution is 2.28. The molecule has 0 aliphatic carbocycles. The number of piperazine rings is 1. The van der Waals surface area contributed by atoms with Gasteiger partial charge in [0.1, 0.15) is 5.82 Å². The molecule has 0 N–H and O–H groups in total. The zero-order valence-corrected chi connectivity index (χ0v) is 17.0. The van der Waals surface area contributed by atoms with Gasteiger partial charge in [-0.3, -0.25) is 9.36 Å². The molecule has 0 radical (unpaired) electrons. The van der Waals surface area contributed by atoms with Gasteiger partial charge in [-0.25, -0.2) is 4.39 Å². The second kappa shape index (κ2) is 8.75. The van der Waals surface area contributed by atoms with Gasteiger partial charge in [-0.05, 0) is 31.3 Å². The van der Waals surface area contributed by atoms with Crippen molar-refractivity contribution in [2.75, 3.05) is 39.0 Å². The van der Waals surface area contributed by atoms with Crippen LogP contribution in [0.15, 0.2) is 59.8 Å². The van der Waals surface area contributed by atoms with E-state index in [0.717, 1.165) is 37.4 Å². The van der Waals surface area contributed by atoms with Crippen molar-refractivity contribution in [1.29, 1.82) is 0 Å². The standard InChI is InChI=1S/C21H22FN5OS/c1-25-11-13-26(14-12-25)19(28)15-29-21-24-23-20(16-5-3-2-4-6-16)27(21)18-9-7-17(22)8-10-18/h2-10H,11-15H2,1H3. The van der Waals surface area contributed by atoms with Gasteiger partial charge in [0.05, 0.1) is 5.75 Å². The van der Waals surface area contributed by atoms with Gasteiger partial charge in [-0.15, -0.1) is 10.2 Å². The maximum absolute atomic E-state index is 13.4. The maximum atomic E-state index is 13.4. The topological polar surface area (TPSA) is 54.3 Å². The number of nitrogens with zero attached hydrogens (tertiary/aromatic N) is 5. The normalized spacial score (nSPS) is 14.9. The van der Waals surface area contributed by atoms with Gasteiger partial charge in [0.25, 0.3) is 0 Å². The van der Waals surface area contributed by atoms with Crippen molar-refractivity contribution < 1.29 is 9.18 Å². The summed E-state index contributed by atoms with van der Waals surface area (Å²) in [7, 11) is 2.06. The molecule has 4 rings (SSSR count). The molecule has 29 heavy (non-hydrogen) atoms. The predicted octanol–water partition coefficient (Wildman–Crippen LogP) is 2.94. The summed E-state index contributed by atoms with van der Waals surface area (Å²) in [6.07, 6.45) is 0. The van der Waals surface area contributed by atoms with Crippen molar-refractivity contribution in [1.82, 2.24) is 24.6 Å². The van der Waals surface area contributed by atoms with Crippen LogP contribution in [0.5, 0.6) is 0 Å². The largest absolute Gasteiger partial charge is 0.339 e. The Morgan fingerprint density at radius 3 is 2.38 bits per heavy atom. The van der Waals surface area contributed by atoms with Crippen LogP contribution in [0.2, 0.25) is 0 Å². The fourth-order valence-electron chi connectivity index (χ4n) is 3.23. The second-order valence-electron chi connectivity index (χ2n) is 6.96. The van der Waals surface area contributed by atoms with Gasteiger partial charge in [0.2, 0.25) is 5.91 Å². The smallest absolute Gasteiger partial charge is 0.233 e. The Hall–Kier alpha value is -2.71. The van der Waals surface area contributed by atoms with Crippen molar-refractivity contribution in [3.8, 4) is 17.1 Å². The molecule has 1 fully saturated rings. The quantitative estimate of drug-likeness (QED) is 0.605. The Morgan fingerprint density at radius 2 is 1.69 bits per heavy atom. The van der Waals surface area contributed by atoms with Crippen LogP contribution in [-0.2, 0) is 4.79 Å². The minimum atomic E-state index is -0.303. The third-order valence-electron chi connectivity index (χ3n) is 4.93. The van der Waals surface area contributed by atoms with Gasteiger partial charge < -0.3 is 9.80 Å². The van der Waals surface area contributed by atoms with Crippen LogP contribution in [0.4, 0.5) is 4.39 Å².